The summed E-state index contributed by atoms with van der Waals surface area (Å²) in [6.07, 6.45) is 0.891. The number of ether oxygens (including phenoxy) is 1. The van der Waals surface area contributed by atoms with Gasteiger partial charge in [0.15, 0.2) is 5.82 Å². The van der Waals surface area contributed by atoms with Gasteiger partial charge in [0.1, 0.15) is 0 Å². The molecule has 1 aromatic heterocycles. The van der Waals surface area contributed by atoms with Crippen molar-refractivity contribution < 1.29 is 4.74 Å². The zero-order chi connectivity index (χ0) is 12.5. The summed E-state index contributed by atoms with van der Waals surface area (Å²) in [6.45, 7) is 1.34. The van der Waals surface area contributed by atoms with Crippen LogP contribution in [0.25, 0.3) is 11.4 Å². The molecule has 1 aliphatic rings. The Kier molecular flexibility index (Phi) is 2.89. The molecule has 0 aliphatic carbocycles. The lowest BCUT2D eigenvalue weighted by atomic mass is 10.1. The van der Waals surface area contributed by atoms with Crippen molar-refractivity contribution in [3.63, 3.8) is 0 Å². The number of nitrogens with zero attached hydrogens (tertiary/aromatic N) is 4. The molecule has 3 rings (SSSR count). The fourth-order valence-corrected chi connectivity index (χ4v) is 2.36. The third-order valence-corrected chi connectivity index (χ3v) is 3.33. The molecule has 1 saturated heterocycles. The molecular weight excluding hydrogens is 254 g/mol. The zero-order valence-electron chi connectivity index (χ0n) is 9.58. The first-order valence-electron chi connectivity index (χ1n) is 5.67. The summed E-state index contributed by atoms with van der Waals surface area (Å²) in [5.41, 5.74) is 7.20. The van der Waals surface area contributed by atoms with E-state index < -0.39 is 0 Å². The van der Waals surface area contributed by atoms with Gasteiger partial charge in [-0.15, -0.1) is 5.10 Å². The molecule has 0 bridgehead atoms. The van der Waals surface area contributed by atoms with Gasteiger partial charge in [-0.1, -0.05) is 17.7 Å². The van der Waals surface area contributed by atoms with E-state index in [1.54, 1.807) is 22.9 Å². The number of nitrogens with two attached hydrogens (primary N) is 1. The van der Waals surface area contributed by atoms with Crippen LogP contribution in [0, 0.1) is 0 Å². The first-order chi connectivity index (χ1) is 8.77. The van der Waals surface area contributed by atoms with Gasteiger partial charge in [0, 0.05) is 12.3 Å². The topological polar surface area (TPSA) is 78.9 Å². The van der Waals surface area contributed by atoms with Crippen LogP contribution in [0.3, 0.4) is 0 Å². The highest BCUT2D eigenvalue weighted by atomic mass is 35.5. The van der Waals surface area contributed by atoms with Gasteiger partial charge in [-0.3, -0.25) is 0 Å². The summed E-state index contributed by atoms with van der Waals surface area (Å²) in [5, 5.41) is 12.3. The van der Waals surface area contributed by atoms with Crippen LogP contribution in [-0.4, -0.2) is 33.4 Å². The maximum atomic E-state index is 6.18. The molecule has 2 aromatic rings. The molecule has 0 amide bonds. The first kappa shape index (κ1) is 11.4. The molecule has 6 nitrogen and oxygen atoms in total. The average molecular weight is 266 g/mol. The second-order valence-corrected chi connectivity index (χ2v) is 4.58. The van der Waals surface area contributed by atoms with Crippen molar-refractivity contribution in [1.82, 2.24) is 20.2 Å². The van der Waals surface area contributed by atoms with E-state index in [0.29, 0.717) is 28.7 Å². The van der Waals surface area contributed by atoms with Gasteiger partial charge in [0.2, 0.25) is 0 Å². The van der Waals surface area contributed by atoms with Crippen LogP contribution in [0.4, 0.5) is 5.69 Å². The van der Waals surface area contributed by atoms with E-state index >= 15 is 0 Å². The number of hydrogen-bond donors (Lipinski definition) is 1. The maximum Gasteiger partial charge on any atom is 0.185 e. The smallest absolute Gasteiger partial charge is 0.185 e. The summed E-state index contributed by atoms with van der Waals surface area (Å²) in [5.74, 6) is 0.591. The lowest BCUT2D eigenvalue weighted by Crippen LogP contribution is -2.12. The summed E-state index contributed by atoms with van der Waals surface area (Å²) in [7, 11) is 0. The van der Waals surface area contributed by atoms with Crippen molar-refractivity contribution in [2.75, 3.05) is 18.9 Å². The number of nitrogen functional groups attached to an aromatic ring is 1. The first-order valence-corrected chi connectivity index (χ1v) is 6.05. The highest BCUT2D eigenvalue weighted by molar-refractivity contribution is 6.33. The van der Waals surface area contributed by atoms with Gasteiger partial charge >= 0.3 is 0 Å². The van der Waals surface area contributed by atoms with Gasteiger partial charge in [0.25, 0.3) is 0 Å². The van der Waals surface area contributed by atoms with Crippen molar-refractivity contribution in [2.24, 2.45) is 0 Å². The minimum atomic E-state index is 0.144. The van der Waals surface area contributed by atoms with Gasteiger partial charge in [0.05, 0.1) is 23.2 Å². The van der Waals surface area contributed by atoms with Crippen molar-refractivity contribution >= 4 is 17.3 Å². The molecule has 1 aliphatic heterocycles. The highest BCUT2D eigenvalue weighted by Gasteiger charge is 2.24. The van der Waals surface area contributed by atoms with Crippen molar-refractivity contribution in [1.29, 1.82) is 0 Å². The second-order valence-electron chi connectivity index (χ2n) is 4.17. The van der Waals surface area contributed by atoms with E-state index in [2.05, 4.69) is 15.5 Å². The third-order valence-electron chi connectivity index (χ3n) is 3.01. The van der Waals surface area contributed by atoms with Gasteiger partial charge in [-0.25, -0.2) is 4.68 Å². The molecule has 2 N–H and O–H groups in total. The normalized spacial score (nSPS) is 19.3. The minimum Gasteiger partial charge on any atom is -0.398 e. The lowest BCUT2D eigenvalue weighted by molar-refractivity contribution is 0.184. The Bertz CT molecular complexity index is 544. The van der Waals surface area contributed by atoms with E-state index in [1.165, 1.54) is 0 Å². The van der Waals surface area contributed by atoms with E-state index in [0.717, 1.165) is 13.0 Å². The molecule has 1 aromatic carbocycles. The van der Waals surface area contributed by atoms with Gasteiger partial charge < -0.3 is 10.5 Å². The molecule has 1 fully saturated rings. The zero-order valence-corrected chi connectivity index (χ0v) is 10.3. The van der Waals surface area contributed by atoms with Crippen LogP contribution in [0.15, 0.2) is 18.2 Å². The van der Waals surface area contributed by atoms with E-state index in [9.17, 15) is 0 Å². The van der Waals surface area contributed by atoms with Crippen LogP contribution in [-0.2, 0) is 4.74 Å². The lowest BCUT2D eigenvalue weighted by Gasteiger charge is -2.12. The van der Waals surface area contributed by atoms with Gasteiger partial charge in [-0.2, -0.15) is 0 Å². The van der Waals surface area contributed by atoms with E-state index in [-0.39, 0.29) is 6.04 Å². The second kappa shape index (κ2) is 4.55. The quantitative estimate of drug-likeness (QED) is 0.833. The molecule has 1 unspecified atom stereocenters. The number of aromatic nitrogens is 4. The molecule has 0 radical (unpaired) electrons. The molecule has 7 heteroatoms. The Morgan fingerprint density at radius 3 is 3.06 bits per heavy atom. The summed E-state index contributed by atoms with van der Waals surface area (Å²) < 4.78 is 7.09. The van der Waals surface area contributed by atoms with Crippen molar-refractivity contribution in [2.45, 2.75) is 12.5 Å². The minimum absolute atomic E-state index is 0.144. The number of benzene rings is 1. The maximum absolute atomic E-state index is 6.18. The number of tetrazole rings is 1. The average Bonchev–Trinajstić information content (AvgIpc) is 2.98. The summed E-state index contributed by atoms with van der Waals surface area (Å²) in [4.78, 5) is 0. The summed E-state index contributed by atoms with van der Waals surface area (Å²) in [6, 6.07) is 5.50. The molecule has 2 heterocycles. The Morgan fingerprint density at radius 1 is 1.44 bits per heavy atom. The van der Waals surface area contributed by atoms with Gasteiger partial charge in [-0.05, 0) is 29.0 Å². The molecule has 0 saturated carbocycles. The van der Waals surface area contributed by atoms with Crippen LogP contribution >= 0.6 is 11.6 Å². The molecule has 18 heavy (non-hydrogen) atoms. The highest BCUT2D eigenvalue weighted by Crippen LogP contribution is 2.33. The molecular formula is C11H12ClN5O. The number of halogens is 1. The van der Waals surface area contributed by atoms with Crippen LogP contribution in [0.5, 0.6) is 0 Å². The molecule has 94 valence electrons. The van der Waals surface area contributed by atoms with E-state index in [1.807, 2.05) is 0 Å². The Morgan fingerprint density at radius 2 is 2.33 bits per heavy atom. The predicted octanol–water partition coefficient (Wildman–Crippen LogP) is 1.54. The molecule has 1 atom stereocenters. The van der Waals surface area contributed by atoms with E-state index in [4.69, 9.17) is 22.1 Å². The summed E-state index contributed by atoms with van der Waals surface area (Å²) >= 11 is 6.18. The standard InChI is InChI=1S/C11H12ClN5O/c12-8-2-1-3-9(13)10(8)11-14-15-16-17(11)7-4-5-18-6-7/h1-3,7H,4-6,13H2. The van der Waals surface area contributed by atoms with Crippen LogP contribution in [0.1, 0.15) is 12.5 Å². The monoisotopic (exact) mass is 265 g/mol. The molecule has 0 spiro atoms. The van der Waals surface area contributed by atoms with Crippen LogP contribution < -0.4 is 5.73 Å². The fraction of sp³-hybridized carbons (Fsp3) is 0.364. The van der Waals surface area contributed by atoms with Crippen molar-refractivity contribution in [3.05, 3.63) is 23.2 Å². The van der Waals surface area contributed by atoms with Crippen LogP contribution in [0.2, 0.25) is 5.02 Å². The predicted molar refractivity (Wildman–Crippen MR) is 67.1 cm³/mol. The Balaban J connectivity index is 2.09. The van der Waals surface area contributed by atoms with Crippen molar-refractivity contribution in [3.8, 4) is 11.4 Å². The largest absolute Gasteiger partial charge is 0.398 e. The Labute approximate surface area is 109 Å². The number of rotatable bonds is 2. The number of hydrogen-bond acceptors (Lipinski definition) is 5. The SMILES string of the molecule is Nc1cccc(Cl)c1-c1nnnn1C1CCOC1. The fourth-order valence-electron chi connectivity index (χ4n) is 2.10. The Hall–Kier alpha value is -1.66. The third kappa shape index (κ3) is 1.83. The number of anilines is 1.